The Bertz CT molecular complexity index is 328. The zero-order valence-corrected chi connectivity index (χ0v) is 9.56. The van der Waals surface area contributed by atoms with E-state index in [0.717, 1.165) is 0 Å². The third-order valence-electron chi connectivity index (χ3n) is 1.23. The smallest absolute Gasteiger partial charge is 0.321 e. The summed E-state index contributed by atoms with van der Waals surface area (Å²) in [4.78, 5) is 10.8. The molecule has 0 aliphatic carbocycles. The summed E-state index contributed by atoms with van der Waals surface area (Å²) in [6.45, 7) is 0. The van der Waals surface area contributed by atoms with E-state index in [0.29, 0.717) is 10.2 Å². The summed E-state index contributed by atoms with van der Waals surface area (Å²) in [5, 5.41) is 0.108. The number of hydrogen-bond donors (Lipinski definition) is 0. The largest absolute Gasteiger partial charge is 0.425 e. The van der Waals surface area contributed by atoms with Crippen LogP contribution in [0, 0.1) is 5.82 Å². The van der Waals surface area contributed by atoms with Gasteiger partial charge in [0.25, 0.3) is 0 Å². The lowest BCUT2D eigenvalue weighted by Crippen LogP contribution is -2.08. The zero-order valence-electron chi connectivity index (χ0n) is 6.39. The third-order valence-corrected chi connectivity index (χ3v) is 2.30. The molecule has 5 heteroatoms. The van der Waals surface area contributed by atoms with E-state index < -0.39 is 5.97 Å². The van der Waals surface area contributed by atoms with E-state index in [9.17, 15) is 9.18 Å². The van der Waals surface area contributed by atoms with Crippen molar-refractivity contribution in [2.45, 2.75) is 0 Å². The predicted molar refractivity (Wildman–Crippen MR) is 53.5 cm³/mol. The Morgan fingerprint density at radius 2 is 2.23 bits per heavy atom. The lowest BCUT2D eigenvalue weighted by molar-refractivity contribution is -0.131. The van der Waals surface area contributed by atoms with Crippen LogP contribution in [0.4, 0.5) is 4.39 Å². The van der Waals surface area contributed by atoms with Gasteiger partial charge in [-0.05, 0) is 34.1 Å². The molecule has 0 saturated heterocycles. The fourth-order valence-electron chi connectivity index (χ4n) is 0.708. The maximum Gasteiger partial charge on any atom is 0.321 e. The van der Waals surface area contributed by atoms with Gasteiger partial charge in [-0.25, -0.2) is 4.39 Å². The van der Waals surface area contributed by atoms with Crippen LogP contribution in [0.2, 0.25) is 0 Å². The molecular weight excluding hydrogens is 307 g/mol. The van der Waals surface area contributed by atoms with E-state index in [2.05, 4.69) is 31.9 Å². The monoisotopic (exact) mass is 310 g/mol. The Morgan fingerprint density at radius 1 is 1.54 bits per heavy atom. The molecule has 0 atom stereocenters. The number of carbonyl (C=O) groups is 1. The Hall–Kier alpha value is -0.420. The van der Waals surface area contributed by atoms with Crippen LogP contribution in [0.5, 0.6) is 5.75 Å². The molecule has 0 saturated carbocycles. The summed E-state index contributed by atoms with van der Waals surface area (Å²) in [5.74, 6) is -0.497. The summed E-state index contributed by atoms with van der Waals surface area (Å²) >= 11 is 6.02. The number of halogens is 3. The highest BCUT2D eigenvalue weighted by Gasteiger charge is 2.06. The number of carbonyl (C=O) groups excluding carboxylic acids is 1. The molecule has 0 aliphatic rings. The molecule has 0 unspecified atom stereocenters. The minimum absolute atomic E-state index is 0.108. The average molecular weight is 312 g/mol. The Kier molecular flexibility index (Phi) is 3.87. The van der Waals surface area contributed by atoms with Gasteiger partial charge < -0.3 is 4.74 Å². The van der Waals surface area contributed by atoms with Crippen LogP contribution in [0.1, 0.15) is 0 Å². The summed E-state index contributed by atoms with van der Waals surface area (Å²) in [6.07, 6.45) is 0. The van der Waals surface area contributed by atoms with E-state index in [-0.39, 0.29) is 11.1 Å². The summed E-state index contributed by atoms with van der Waals surface area (Å²) in [7, 11) is 0. The minimum atomic E-state index is -0.424. The highest BCUT2D eigenvalue weighted by atomic mass is 79.9. The van der Waals surface area contributed by atoms with Crippen molar-refractivity contribution in [1.29, 1.82) is 0 Å². The molecular formula is C8H5Br2FO2. The van der Waals surface area contributed by atoms with Crippen LogP contribution in [0.25, 0.3) is 0 Å². The van der Waals surface area contributed by atoms with Gasteiger partial charge in [0, 0.05) is 0 Å². The second-order valence-corrected chi connectivity index (χ2v) is 3.60. The summed E-state index contributed by atoms with van der Waals surface area (Å²) in [5.41, 5.74) is 0. The molecule has 0 radical (unpaired) electrons. The summed E-state index contributed by atoms with van der Waals surface area (Å²) in [6, 6.07) is 3.85. The normalized spacial score (nSPS) is 9.77. The van der Waals surface area contributed by atoms with Gasteiger partial charge in [0.05, 0.1) is 4.47 Å². The molecule has 70 valence electrons. The van der Waals surface area contributed by atoms with Crippen molar-refractivity contribution in [3.63, 3.8) is 0 Å². The molecule has 0 N–H and O–H groups in total. The van der Waals surface area contributed by atoms with Gasteiger partial charge in [0.1, 0.15) is 16.9 Å². The van der Waals surface area contributed by atoms with Gasteiger partial charge >= 0.3 is 5.97 Å². The van der Waals surface area contributed by atoms with Crippen molar-refractivity contribution in [3.05, 3.63) is 28.5 Å². The first-order valence-electron chi connectivity index (χ1n) is 3.35. The third kappa shape index (κ3) is 3.08. The fourth-order valence-corrected chi connectivity index (χ4v) is 1.25. The van der Waals surface area contributed by atoms with Gasteiger partial charge in [-0.3, -0.25) is 4.79 Å². The van der Waals surface area contributed by atoms with Gasteiger partial charge in [-0.15, -0.1) is 0 Å². The number of esters is 1. The molecule has 0 amide bonds. The molecule has 0 aromatic heterocycles. The number of hydrogen-bond acceptors (Lipinski definition) is 2. The lowest BCUT2D eigenvalue weighted by atomic mass is 10.3. The number of benzene rings is 1. The van der Waals surface area contributed by atoms with Crippen molar-refractivity contribution in [2.75, 3.05) is 5.33 Å². The Balaban J connectivity index is 2.83. The molecule has 0 bridgehead atoms. The number of ether oxygens (including phenoxy) is 1. The second-order valence-electron chi connectivity index (χ2n) is 2.18. The maximum absolute atomic E-state index is 12.6. The summed E-state index contributed by atoms with van der Waals surface area (Å²) < 4.78 is 17.9. The molecule has 1 aromatic carbocycles. The van der Waals surface area contributed by atoms with Crippen molar-refractivity contribution in [2.24, 2.45) is 0 Å². The lowest BCUT2D eigenvalue weighted by Gasteiger charge is -2.03. The van der Waals surface area contributed by atoms with Gasteiger partial charge in [-0.1, -0.05) is 15.9 Å². The average Bonchev–Trinajstić information content (AvgIpc) is 2.09. The van der Waals surface area contributed by atoms with Crippen LogP contribution in [0.3, 0.4) is 0 Å². The quantitative estimate of drug-likeness (QED) is 0.477. The SMILES string of the molecule is O=C(CBr)Oc1ccc(F)cc1Br. The molecule has 0 fully saturated rings. The minimum Gasteiger partial charge on any atom is -0.425 e. The van der Waals surface area contributed by atoms with Crippen LogP contribution >= 0.6 is 31.9 Å². The van der Waals surface area contributed by atoms with Gasteiger partial charge in [0.2, 0.25) is 0 Å². The van der Waals surface area contributed by atoms with Gasteiger partial charge in [-0.2, -0.15) is 0 Å². The first-order valence-corrected chi connectivity index (χ1v) is 5.26. The van der Waals surface area contributed by atoms with E-state index in [1.165, 1.54) is 18.2 Å². The van der Waals surface area contributed by atoms with E-state index in [1.54, 1.807) is 0 Å². The van der Waals surface area contributed by atoms with E-state index in [4.69, 9.17) is 4.74 Å². The van der Waals surface area contributed by atoms with E-state index >= 15 is 0 Å². The van der Waals surface area contributed by atoms with Crippen LogP contribution in [0.15, 0.2) is 22.7 Å². The van der Waals surface area contributed by atoms with Crippen molar-refractivity contribution in [3.8, 4) is 5.75 Å². The highest BCUT2D eigenvalue weighted by molar-refractivity contribution is 9.10. The van der Waals surface area contributed by atoms with Crippen molar-refractivity contribution in [1.82, 2.24) is 0 Å². The van der Waals surface area contributed by atoms with Crippen molar-refractivity contribution >= 4 is 37.8 Å². The molecule has 1 rings (SSSR count). The van der Waals surface area contributed by atoms with Crippen LogP contribution < -0.4 is 4.74 Å². The van der Waals surface area contributed by atoms with Gasteiger partial charge in [0.15, 0.2) is 0 Å². The molecule has 2 nitrogen and oxygen atoms in total. The number of alkyl halides is 1. The number of rotatable bonds is 2. The first kappa shape index (κ1) is 10.7. The Labute approximate surface area is 91.3 Å². The van der Waals surface area contributed by atoms with E-state index in [1.807, 2.05) is 0 Å². The predicted octanol–water partition coefficient (Wildman–Crippen LogP) is 2.89. The molecule has 1 aromatic rings. The molecule has 0 aliphatic heterocycles. The molecule has 0 spiro atoms. The fraction of sp³-hybridized carbons (Fsp3) is 0.125. The molecule has 0 heterocycles. The second kappa shape index (κ2) is 4.72. The van der Waals surface area contributed by atoms with Crippen molar-refractivity contribution < 1.29 is 13.9 Å². The highest BCUT2D eigenvalue weighted by Crippen LogP contribution is 2.25. The van der Waals surface area contributed by atoms with Crippen LogP contribution in [-0.2, 0) is 4.79 Å². The Morgan fingerprint density at radius 3 is 2.77 bits per heavy atom. The maximum atomic E-state index is 12.6. The topological polar surface area (TPSA) is 26.3 Å². The first-order chi connectivity index (χ1) is 6.13. The zero-order chi connectivity index (χ0) is 9.84. The van der Waals surface area contributed by atoms with Crippen LogP contribution in [-0.4, -0.2) is 11.3 Å². The standard InChI is InChI=1S/C8H5Br2FO2/c9-4-8(12)13-7-2-1-5(11)3-6(7)10/h1-3H,4H2. The molecule has 13 heavy (non-hydrogen) atoms.